The molecule has 25 heavy (non-hydrogen) atoms. The Morgan fingerprint density at radius 2 is 1.64 bits per heavy atom. The van der Waals surface area contributed by atoms with E-state index in [9.17, 15) is 14.0 Å². The van der Waals surface area contributed by atoms with Gasteiger partial charge in [-0.15, -0.1) is 0 Å². The van der Waals surface area contributed by atoms with Crippen LogP contribution in [0.25, 0.3) is 0 Å². The number of ketones is 1. The molecular weight excluding hydrogens is 319 g/mol. The number of carbonyl (C=O) groups is 2. The average Bonchev–Trinajstić information content (AvgIpc) is 2.62. The number of hydrogen-bond donors (Lipinski definition) is 0. The molecule has 0 unspecified atom stereocenters. The van der Waals surface area contributed by atoms with Crippen molar-refractivity contribution < 1.29 is 14.0 Å². The lowest BCUT2D eigenvalue weighted by Gasteiger charge is -2.34. The molecule has 1 heterocycles. The summed E-state index contributed by atoms with van der Waals surface area (Å²) in [6.07, 6.45) is 0. The first-order valence-corrected chi connectivity index (χ1v) is 8.40. The third-order valence-electron chi connectivity index (χ3n) is 4.47. The van der Waals surface area contributed by atoms with Crippen molar-refractivity contribution in [3.63, 3.8) is 0 Å². The molecule has 2 aromatic rings. The Kier molecular flexibility index (Phi) is 5.24. The molecule has 4 nitrogen and oxygen atoms in total. The summed E-state index contributed by atoms with van der Waals surface area (Å²) in [5.74, 6) is -0.484. The first kappa shape index (κ1) is 17.3. The molecular formula is C20H21FN2O2. The number of nitrogens with zero attached hydrogens (tertiary/aromatic N) is 2. The minimum Gasteiger partial charge on any atom is -0.336 e. The van der Waals surface area contributed by atoms with Gasteiger partial charge in [-0.05, 0) is 25.1 Å². The molecule has 0 radical (unpaired) electrons. The van der Waals surface area contributed by atoms with E-state index in [0.29, 0.717) is 43.9 Å². The predicted octanol–water partition coefficient (Wildman–Crippen LogP) is 2.77. The summed E-state index contributed by atoms with van der Waals surface area (Å²) >= 11 is 0. The molecule has 0 spiro atoms. The zero-order chi connectivity index (χ0) is 17.8. The van der Waals surface area contributed by atoms with Gasteiger partial charge in [0.05, 0.1) is 6.54 Å². The molecule has 0 atom stereocenters. The number of amides is 1. The number of carbonyl (C=O) groups excluding carboxylic acids is 2. The van der Waals surface area contributed by atoms with E-state index in [2.05, 4.69) is 4.90 Å². The van der Waals surface area contributed by atoms with E-state index in [1.807, 2.05) is 31.2 Å². The van der Waals surface area contributed by atoms with Crippen LogP contribution in [0.2, 0.25) is 0 Å². The molecule has 0 aliphatic carbocycles. The second kappa shape index (κ2) is 7.57. The monoisotopic (exact) mass is 340 g/mol. The lowest BCUT2D eigenvalue weighted by Crippen LogP contribution is -2.49. The van der Waals surface area contributed by atoms with Gasteiger partial charge in [0.15, 0.2) is 5.78 Å². The minimum atomic E-state index is -0.409. The Labute approximate surface area is 146 Å². The molecule has 0 aromatic heterocycles. The third kappa shape index (κ3) is 4.31. The molecule has 3 rings (SSSR count). The van der Waals surface area contributed by atoms with Crippen LogP contribution >= 0.6 is 0 Å². The number of piperazine rings is 1. The van der Waals surface area contributed by atoms with Gasteiger partial charge in [0, 0.05) is 37.3 Å². The summed E-state index contributed by atoms with van der Waals surface area (Å²) in [6.45, 7) is 4.69. The van der Waals surface area contributed by atoms with Gasteiger partial charge in [0.2, 0.25) is 0 Å². The fourth-order valence-electron chi connectivity index (χ4n) is 2.95. The maximum atomic E-state index is 13.3. The molecule has 1 amide bonds. The Bertz CT molecular complexity index is 766. The Balaban J connectivity index is 1.54. The molecule has 2 aromatic carbocycles. The molecule has 1 saturated heterocycles. The number of hydrogen-bond acceptors (Lipinski definition) is 3. The average molecular weight is 340 g/mol. The van der Waals surface area contributed by atoms with E-state index in [1.165, 1.54) is 12.1 Å². The van der Waals surface area contributed by atoms with Crippen LogP contribution in [0.1, 0.15) is 26.3 Å². The summed E-state index contributed by atoms with van der Waals surface area (Å²) in [6, 6.07) is 13.3. The van der Waals surface area contributed by atoms with Crippen LogP contribution in [0.4, 0.5) is 4.39 Å². The van der Waals surface area contributed by atoms with Crippen LogP contribution in [0.5, 0.6) is 0 Å². The van der Waals surface area contributed by atoms with Gasteiger partial charge in [-0.3, -0.25) is 14.5 Å². The molecule has 0 bridgehead atoms. The van der Waals surface area contributed by atoms with Crippen LogP contribution in [0, 0.1) is 12.7 Å². The number of rotatable bonds is 4. The molecule has 1 fully saturated rings. The Hall–Kier alpha value is -2.53. The van der Waals surface area contributed by atoms with Gasteiger partial charge >= 0.3 is 0 Å². The minimum absolute atomic E-state index is 0.0879. The van der Waals surface area contributed by atoms with E-state index in [0.717, 1.165) is 5.56 Å². The van der Waals surface area contributed by atoms with E-state index in [-0.39, 0.29) is 11.7 Å². The van der Waals surface area contributed by atoms with Crippen LogP contribution in [0.3, 0.4) is 0 Å². The lowest BCUT2D eigenvalue weighted by atomic mass is 10.1. The van der Waals surface area contributed by atoms with E-state index >= 15 is 0 Å². The topological polar surface area (TPSA) is 40.6 Å². The maximum absolute atomic E-state index is 13.3. The largest absolute Gasteiger partial charge is 0.336 e. The van der Waals surface area contributed by atoms with Crippen molar-refractivity contribution in [2.24, 2.45) is 0 Å². The zero-order valence-corrected chi connectivity index (χ0v) is 14.2. The normalized spacial score (nSPS) is 15.2. The quantitative estimate of drug-likeness (QED) is 0.804. The van der Waals surface area contributed by atoms with Crippen LogP contribution < -0.4 is 0 Å². The van der Waals surface area contributed by atoms with Crippen molar-refractivity contribution in [2.75, 3.05) is 32.7 Å². The van der Waals surface area contributed by atoms with E-state index < -0.39 is 5.82 Å². The zero-order valence-electron chi connectivity index (χ0n) is 14.2. The second-order valence-corrected chi connectivity index (χ2v) is 6.37. The molecule has 1 aliphatic heterocycles. The number of benzene rings is 2. The van der Waals surface area contributed by atoms with Gasteiger partial charge in [0.25, 0.3) is 5.91 Å². The summed E-state index contributed by atoms with van der Waals surface area (Å²) < 4.78 is 13.3. The molecule has 0 N–H and O–H groups in total. The standard InChI is InChI=1S/C20H21FN2O2/c1-15-5-7-16(8-6-15)19(24)14-22-9-11-23(12-10-22)20(25)17-3-2-4-18(21)13-17/h2-8,13H,9-12,14H2,1H3. The third-order valence-corrected chi connectivity index (χ3v) is 4.47. The van der Waals surface area contributed by atoms with Crippen molar-refractivity contribution in [3.05, 3.63) is 71.0 Å². The van der Waals surface area contributed by atoms with E-state index in [4.69, 9.17) is 0 Å². The highest BCUT2D eigenvalue weighted by molar-refractivity contribution is 5.97. The van der Waals surface area contributed by atoms with Gasteiger partial charge in [-0.25, -0.2) is 4.39 Å². The van der Waals surface area contributed by atoms with Crippen LogP contribution in [0.15, 0.2) is 48.5 Å². The highest BCUT2D eigenvalue weighted by Gasteiger charge is 2.23. The van der Waals surface area contributed by atoms with Crippen molar-refractivity contribution in [3.8, 4) is 0 Å². The van der Waals surface area contributed by atoms with Gasteiger partial charge in [-0.1, -0.05) is 35.9 Å². The van der Waals surface area contributed by atoms with Crippen molar-refractivity contribution >= 4 is 11.7 Å². The Morgan fingerprint density at radius 1 is 0.960 bits per heavy atom. The SMILES string of the molecule is Cc1ccc(C(=O)CN2CCN(C(=O)c3cccc(F)c3)CC2)cc1. The summed E-state index contributed by atoms with van der Waals surface area (Å²) in [5.41, 5.74) is 2.20. The van der Waals surface area contributed by atoms with E-state index in [1.54, 1.807) is 17.0 Å². The van der Waals surface area contributed by atoms with Crippen LogP contribution in [-0.2, 0) is 0 Å². The Morgan fingerprint density at radius 3 is 2.28 bits per heavy atom. The molecule has 1 aliphatic rings. The second-order valence-electron chi connectivity index (χ2n) is 6.37. The number of aryl methyl sites for hydroxylation is 1. The fourth-order valence-corrected chi connectivity index (χ4v) is 2.95. The summed E-state index contributed by atoms with van der Waals surface area (Å²) in [7, 11) is 0. The van der Waals surface area contributed by atoms with Gasteiger partial charge < -0.3 is 4.90 Å². The smallest absolute Gasteiger partial charge is 0.254 e. The maximum Gasteiger partial charge on any atom is 0.254 e. The predicted molar refractivity (Wildman–Crippen MR) is 94.3 cm³/mol. The summed E-state index contributed by atoms with van der Waals surface area (Å²) in [4.78, 5) is 28.5. The van der Waals surface area contributed by atoms with Gasteiger partial charge in [0.1, 0.15) is 5.82 Å². The van der Waals surface area contributed by atoms with Crippen molar-refractivity contribution in [2.45, 2.75) is 6.92 Å². The first-order valence-electron chi connectivity index (χ1n) is 8.40. The first-order chi connectivity index (χ1) is 12.0. The van der Waals surface area contributed by atoms with Crippen molar-refractivity contribution in [1.82, 2.24) is 9.80 Å². The van der Waals surface area contributed by atoms with Crippen molar-refractivity contribution in [1.29, 1.82) is 0 Å². The number of Topliss-reactive ketones (excluding diaryl/α,β-unsaturated/α-hetero) is 1. The van der Waals surface area contributed by atoms with Gasteiger partial charge in [-0.2, -0.15) is 0 Å². The fraction of sp³-hybridized carbons (Fsp3) is 0.300. The number of halogens is 1. The molecule has 0 saturated carbocycles. The van der Waals surface area contributed by atoms with Crippen LogP contribution in [-0.4, -0.2) is 54.2 Å². The molecule has 130 valence electrons. The summed E-state index contributed by atoms with van der Waals surface area (Å²) in [5, 5.41) is 0. The highest BCUT2D eigenvalue weighted by atomic mass is 19.1. The lowest BCUT2D eigenvalue weighted by molar-refractivity contribution is 0.0624. The molecule has 5 heteroatoms. The highest BCUT2D eigenvalue weighted by Crippen LogP contribution is 2.11.